The molecule has 0 radical (unpaired) electrons. The van der Waals surface area contributed by atoms with Crippen LogP contribution in [0, 0.1) is 6.92 Å². The number of benzene rings is 1. The zero-order valence-electron chi connectivity index (χ0n) is 12.3. The summed E-state index contributed by atoms with van der Waals surface area (Å²) in [5.41, 5.74) is 7.87. The highest BCUT2D eigenvalue weighted by Gasteiger charge is 2.08. The number of nitrogens with one attached hydrogen (secondary N) is 1. The van der Waals surface area contributed by atoms with Crippen molar-refractivity contribution in [3.8, 4) is 0 Å². The van der Waals surface area contributed by atoms with Gasteiger partial charge in [0, 0.05) is 25.9 Å². The summed E-state index contributed by atoms with van der Waals surface area (Å²) in [7, 11) is 1.65. The number of carbonyl (C=O) groups excluding carboxylic acids is 1. The van der Waals surface area contributed by atoms with Crippen molar-refractivity contribution < 1.29 is 14.3 Å². The van der Waals surface area contributed by atoms with E-state index in [1.165, 1.54) is 0 Å². The summed E-state index contributed by atoms with van der Waals surface area (Å²) < 4.78 is 10.2. The van der Waals surface area contributed by atoms with Crippen molar-refractivity contribution >= 4 is 11.6 Å². The highest BCUT2D eigenvalue weighted by Crippen LogP contribution is 2.13. The fourth-order valence-electron chi connectivity index (χ4n) is 1.74. The lowest BCUT2D eigenvalue weighted by Crippen LogP contribution is -2.25. The van der Waals surface area contributed by atoms with E-state index in [9.17, 15) is 4.79 Å². The van der Waals surface area contributed by atoms with Gasteiger partial charge in [0.05, 0.1) is 18.8 Å². The Balaban J connectivity index is 2.18. The standard InChI is InChI=1S/C15H24N2O3/c1-12-5-6-14(16)13(11-12)15(18)17-7-3-4-8-20-10-9-19-2/h5-6,11H,3-4,7-10,16H2,1-2H3,(H,17,18). The quantitative estimate of drug-likeness (QED) is 0.534. The number of aryl methyl sites for hydroxylation is 1. The average molecular weight is 280 g/mol. The number of nitrogen functional groups attached to an aromatic ring is 1. The Morgan fingerprint density at radius 3 is 2.80 bits per heavy atom. The highest BCUT2D eigenvalue weighted by molar-refractivity contribution is 5.99. The molecule has 0 spiro atoms. The first-order chi connectivity index (χ1) is 9.65. The minimum Gasteiger partial charge on any atom is -0.398 e. The van der Waals surface area contributed by atoms with Crippen LogP contribution in [0.25, 0.3) is 0 Å². The van der Waals surface area contributed by atoms with Crippen LogP contribution in [0.15, 0.2) is 18.2 Å². The topological polar surface area (TPSA) is 73.6 Å². The summed E-state index contributed by atoms with van der Waals surface area (Å²) in [6, 6.07) is 5.45. The third-order valence-corrected chi connectivity index (χ3v) is 2.89. The van der Waals surface area contributed by atoms with Gasteiger partial charge in [-0.15, -0.1) is 0 Å². The van der Waals surface area contributed by atoms with Crippen LogP contribution in [0.5, 0.6) is 0 Å². The molecule has 1 aromatic carbocycles. The smallest absolute Gasteiger partial charge is 0.253 e. The Morgan fingerprint density at radius 1 is 1.25 bits per heavy atom. The molecule has 0 fully saturated rings. The summed E-state index contributed by atoms with van der Waals surface area (Å²) in [5, 5.41) is 2.87. The van der Waals surface area contributed by atoms with Gasteiger partial charge in [-0.05, 0) is 31.9 Å². The van der Waals surface area contributed by atoms with E-state index < -0.39 is 0 Å². The van der Waals surface area contributed by atoms with Crippen LogP contribution < -0.4 is 11.1 Å². The molecule has 0 aliphatic carbocycles. The molecule has 0 bridgehead atoms. The van der Waals surface area contributed by atoms with Gasteiger partial charge in [0.15, 0.2) is 0 Å². The molecule has 0 saturated heterocycles. The van der Waals surface area contributed by atoms with Gasteiger partial charge in [0.25, 0.3) is 5.91 Å². The molecule has 0 saturated carbocycles. The van der Waals surface area contributed by atoms with Gasteiger partial charge >= 0.3 is 0 Å². The number of amides is 1. The van der Waals surface area contributed by atoms with Crippen molar-refractivity contribution in [3.63, 3.8) is 0 Å². The van der Waals surface area contributed by atoms with Crippen molar-refractivity contribution in [1.29, 1.82) is 0 Å². The van der Waals surface area contributed by atoms with E-state index in [0.717, 1.165) is 18.4 Å². The van der Waals surface area contributed by atoms with Gasteiger partial charge < -0.3 is 20.5 Å². The number of nitrogens with two attached hydrogens (primary N) is 1. The zero-order valence-corrected chi connectivity index (χ0v) is 12.3. The Labute approximate surface area is 120 Å². The molecular weight excluding hydrogens is 256 g/mol. The molecule has 112 valence electrons. The summed E-state index contributed by atoms with van der Waals surface area (Å²) in [5.74, 6) is -0.119. The van der Waals surface area contributed by atoms with Crippen LogP contribution in [0.4, 0.5) is 5.69 Å². The minimum atomic E-state index is -0.119. The first-order valence-corrected chi connectivity index (χ1v) is 6.86. The zero-order chi connectivity index (χ0) is 14.8. The predicted octanol–water partition coefficient (Wildman–Crippen LogP) is 1.75. The van der Waals surface area contributed by atoms with E-state index in [2.05, 4.69) is 5.32 Å². The van der Waals surface area contributed by atoms with Gasteiger partial charge in [-0.2, -0.15) is 0 Å². The second kappa shape index (κ2) is 9.34. The number of carbonyl (C=O) groups is 1. The Bertz CT molecular complexity index is 422. The molecule has 1 rings (SSSR count). The Kier molecular flexibility index (Phi) is 7.69. The predicted molar refractivity (Wildman–Crippen MR) is 79.9 cm³/mol. The van der Waals surface area contributed by atoms with E-state index in [-0.39, 0.29) is 5.91 Å². The van der Waals surface area contributed by atoms with Crippen molar-refractivity contribution in [2.45, 2.75) is 19.8 Å². The lowest BCUT2D eigenvalue weighted by atomic mass is 10.1. The Morgan fingerprint density at radius 2 is 2.05 bits per heavy atom. The van der Waals surface area contributed by atoms with Crippen LogP contribution in [-0.2, 0) is 9.47 Å². The van der Waals surface area contributed by atoms with Crippen LogP contribution in [-0.4, -0.2) is 39.4 Å². The first kappa shape index (κ1) is 16.5. The lowest BCUT2D eigenvalue weighted by Gasteiger charge is -2.08. The lowest BCUT2D eigenvalue weighted by molar-refractivity contribution is 0.0686. The van der Waals surface area contributed by atoms with Crippen molar-refractivity contribution in [3.05, 3.63) is 29.3 Å². The molecule has 0 atom stereocenters. The van der Waals surface area contributed by atoms with E-state index in [4.69, 9.17) is 15.2 Å². The number of unbranched alkanes of at least 4 members (excludes halogenated alkanes) is 1. The van der Waals surface area contributed by atoms with Crippen LogP contribution in [0.3, 0.4) is 0 Å². The molecule has 0 aliphatic heterocycles. The maximum atomic E-state index is 12.0. The van der Waals surface area contributed by atoms with Gasteiger partial charge in [0.2, 0.25) is 0 Å². The molecule has 0 unspecified atom stereocenters. The number of anilines is 1. The fourth-order valence-corrected chi connectivity index (χ4v) is 1.74. The minimum absolute atomic E-state index is 0.119. The second-order valence-corrected chi connectivity index (χ2v) is 4.66. The monoisotopic (exact) mass is 280 g/mol. The average Bonchev–Trinajstić information content (AvgIpc) is 2.44. The molecule has 0 heterocycles. The van der Waals surface area contributed by atoms with Crippen LogP contribution in [0.2, 0.25) is 0 Å². The number of rotatable bonds is 9. The van der Waals surface area contributed by atoms with Crippen molar-refractivity contribution in [2.24, 2.45) is 0 Å². The largest absolute Gasteiger partial charge is 0.398 e. The first-order valence-electron chi connectivity index (χ1n) is 6.86. The molecular formula is C15H24N2O3. The molecule has 1 amide bonds. The highest BCUT2D eigenvalue weighted by atomic mass is 16.5. The summed E-state index contributed by atoms with van der Waals surface area (Å²) in [6.45, 7) is 4.48. The third-order valence-electron chi connectivity index (χ3n) is 2.89. The van der Waals surface area contributed by atoms with Crippen molar-refractivity contribution in [2.75, 3.05) is 39.2 Å². The van der Waals surface area contributed by atoms with Crippen molar-refractivity contribution in [1.82, 2.24) is 5.32 Å². The SMILES string of the molecule is COCCOCCCCNC(=O)c1cc(C)ccc1N. The molecule has 20 heavy (non-hydrogen) atoms. The maximum Gasteiger partial charge on any atom is 0.253 e. The molecule has 0 aromatic heterocycles. The van der Waals surface area contributed by atoms with Gasteiger partial charge in [-0.3, -0.25) is 4.79 Å². The molecule has 1 aromatic rings. The number of hydrogen-bond acceptors (Lipinski definition) is 4. The van der Waals surface area contributed by atoms with Gasteiger partial charge in [-0.25, -0.2) is 0 Å². The number of hydrogen-bond donors (Lipinski definition) is 2. The normalized spacial score (nSPS) is 10.5. The summed E-state index contributed by atoms with van der Waals surface area (Å²) >= 11 is 0. The molecule has 5 nitrogen and oxygen atoms in total. The molecule has 3 N–H and O–H groups in total. The van der Waals surface area contributed by atoms with E-state index >= 15 is 0 Å². The van der Waals surface area contributed by atoms with E-state index in [1.54, 1.807) is 19.2 Å². The van der Waals surface area contributed by atoms with E-state index in [1.807, 2.05) is 13.0 Å². The second-order valence-electron chi connectivity index (χ2n) is 4.66. The maximum absolute atomic E-state index is 12.0. The fraction of sp³-hybridized carbons (Fsp3) is 0.533. The van der Waals surface area contributed by atoms with Gasteiger partial charge in [-0.1, -0.05) is 11.6 Å². The van der Waals surface area contributed by atoms with Crippen LogP contribution >= 0.6 is 0 Å². The van der Waals surface area contributed by atoms with Crippen LogP contribution in [0.1, 0.15) is 28.8 Å². The summed E-state index contributed by atoms with van der Waals surface area (Å²) in [4.78, 5) is 12.0. The summed E-state index contributed by atoms with van der Waals surface area (Å²) in [6.07, 6.45) is 1.79. The Hall–Kier alpha value is -1.59. The molecule has 5 heteroatoms. The third kappa shape index (κ3) is 6.04. The number of methoxy groups -OCH3 is 1. The van der Waals surface area contributed by atoms with E-state index in [0.29, 0.717) is 37.6 Å². The van der Waals surface area contributed by atoms with Gasteiger partial charge in [0.1, 0.15) is 0 Å². The number of ether oxygens (including phenoxy) is 2. The molecule has 0 aliphatic rings.